The number of hydrogen-bond donors (Lipinski definition) is 2. The molecule has 16 heavy (non-hydrogen) atoms. The quantitative estimate of drug-likeness (QED) is 0.722. The van der Waals surface area contributed by atoms with Gasteiger partial charge in [0.05, 0.1) is 17.8 Å². The molecule has 0 heterocycles. The average molecular weight is 226 g/mol. The molecule has 0 spiro atoms. The van der Waals surface area contributed by atoms with E-state index in [2.05, 4.69) is 0 Å². The van der Waals surface area contributed by atoms with E-state index in [1.807, 2.05) is 0 Å². The summed E-state index contributed by atoms with van der Waals surface area (Å²) >= 11 is 0. The van der Waals surface area contributed by atoms with Crippen molar-refractivity contribution in [2.24, 2.45) is 0 Å². The van der Waals surface area contributed by atoms with Crippen molar-refractivity contribution in [2.75, 3.05) is 30.4 Å². The lowest BCUT2D eigenvalue weighted by Crippen LogP contribution is -2.29. The van der Waals surface area contributed by atoms with Crippen molar-refractivity contribution in [3.05, 3.63) is 24.3 Å². The number of nitrogens with two attached hydrogens (primary N) is 1. The molecule has 0 amide bonds. The Labute approximate surface area is 93.5 Å². The van der Waals surface area contributed by atoms with Crippen LogP contribution in [-0.2, 0) is 4.79 Å². The lowest BCUT2D eigenvalue weighted by atomic mass is 10.2. The fourth-order valence-electron chi connectivity index (χ4n) is 1.46. The second-order valence-corrected chi connectivity index (χ2v) is 3.38. The van der Waals surface area contributed by atoms with Gasteiger partial charge in [-0.15, -0.1) is 0 Å². The zero-order valence-electron chi connectivity index (χ0n) is 8.90. The van der Waals surface area contributed by atoms with Gasteiger partial charge in [-0.1, -0.05) is 12.1 Å². The normalized spacial score (nSPS) is 10.1. The first-order chi connectivity index (χ1) is 7.65. The first-order valence-corrected chi connectivity index (χ1v) is 5.02. The van der Waals surface area contributed by atoms with Crippen LogP contribution in [0.25, 0.3) is 0 Å². The summed E-state index contributed by atoms with van der Waals surface area (Å²) in [7, 11) is 0. The highest BCUT2D eigenvalue weighted by molar-refractivity contribution is 5.70. The highest BCUT2D eigenvalue weighted by atomic mass is 19.1. The third-order valence-electron chi connectivity index (χ3n) is 2.23. The molecule has 0 aliphatic heterocycles. The van der Waals surface area contributed by atoms with Gasteiger partial charge in [0, 0.05) is 13.1 Å². The molecule has 0 saturated heterocycles. The van der Waals surface area contributed by atoms with Crippen LogP contribution in [0.1, 0.15) is 6.42 Å². The van der Waals surface area contributed by atoms with E-state index in [1.54, 1.807) is 29.2 Å². The molecule has 0 saturated carbocycles. The number of para-hydroxylation sites is 2. The van der Waals surface area contributed by atoms with Gasteiger partial charge in [-0.05, 0) is 12.1 Å². The molecule has 4 nitrogen and oxygen atoms in total. The first-order valence-electron chi connectivity index (χ1n) is 5.02. The Balaban J connectivity index is 2.76. The molecule has 1 rings (SSSR count). The van der Waals surface area contributed by atoms with Gasteiger partial charge in [-0.3, -0.25) is 4.79 Å². The number of rotatable bonds is 6. The molecule has 0 unspecified atom stereocenters. The molecule has 0 aliphatic carbocycles. The SMILES string of the molecule is Nc1ccccc1N(CCF)CCC(=O)O. The number of carbonyl (C=O) groups is 1. The van der Waals surface area contributed by atoms with Crippen molar-refractivity contribution in [1.82, 2.24) is 0 Å². The van der Waals surface area contributed by atoms with Crippen LogP contribution in [-0.4, -0.2) is 30.8 Å². The van der Waals surface area contributed by atoms with Crippen LogP contribution in [0.4, 0.5) is 15.8 Å². The van der Waals surface area contributed by atoms with E-state index in [-0.39, 0.29) is 19.5 Å². The first kappa shape index (κ1) is 12.3. The smallest absolute Gasteiger partial charge is 0.305 e. The van der Waals surface area contributed by atoms with Gasteiger partial charge in [-0.25, -0.2) is 4.39 Å². The number of carboxylic acids is 1. The summed E-state index contributed by atoms with van der Waals surface area (Å²) in [6.07, 6.45) is -0.0334. The van der Waals surface area contributed by atoms with Gasteiger partial charge in [-0.2, -0.15) is 0 Å². The highest BCUT2D eigenvalue weighted by Gasteiger charge is 2.10. The third-order valence-corrected chi connectivity index (χ3v) is 2.23. The Morgan fingerprint density at radius 2 is 2.06 bits per heavy atom. The minimum atomic E-state index is -0.904. The van der Waals surface area contributed by atoms with Crippen LogP contribution in [0, 0.1) is 0 Å². The molecule has 0 aromatic heterocycles. The van der Waals surface area contributed by atoms with Crippen molar-refractivity contribution < 1.29 is 14.3 Å². The number of carboxylic acid groups (broad SMARTS) is 1. The minimum absolute atomic E-state index is 0.0334. The van der Waals surface area contributed by atoms with E-state index in [0.29, 0.717) is 11.4 Å². The van der Waals surface area contributed by atoms with Crippen LogP contribution in [0.3, 0.4) is 0 Å². The monoisotopic (exact) mass is 226 g/mol. The molecule has 1 aromatic carbocycles. The Morgan fingerprint density at radius 3 is 2.62 bits per heavy atom. The van der Waals surface area contributed by atoms with Crippen LogP contribution in [0.5, 0.6) is 0 Å². The van der Waals surface area contributed by atoms with E-state index in [0.717, 1.165) is 0 Å². The molecule has 88 valence electrons. The highest BCUT2D eigenvalue weighted by Crippen LogP contribution is 2.22. The molecule has 0 bridgehead atoms. The van der Waals surface area contributed by atoms with E-state index in [1.165, 1.54) is 0 Å². The van der Waals surface area contributed by atoms with Gasteiger partial charge in [0.25, 0.3) is 0 Å². The third kappa shape index (κ3) is 3.42. The van der Waals surface area contributed by atoms with Crippen molar-refractivity contribution in [3.8, 4) is 0 Å². The number of halogens is 1. The molecule has 0 atom stereocenters. The number of nitrogens with zero attached hydrogens (tertiary/aromatic N) is 1. The van der Waals surface area contributed by atoms with Crippen LogP contribution in [0.2, 0.25) is 0 Å². The fourth-order valence-corrected chi connectivity index (χ4v) is 1.46. The van der Waals surface area contributed by atoms with Crippen molar-refractivity contribution in [2.45, 2.75) is 6.42 Å². The number of hydrogen-bond acceptors (Lipinski definition) is 3. The minimum Gasteiger partial charge on any atom is -0.481 e. The molecule has 0 fully saturated rings. The summed E-state index contributed by atoms with van der Waals surface area (Å²) in [6.45, 7) is -0.122. The molecule has 1 aromatic rings. The van der Waals surface area contributed by atoms with Crippen LogP contribution < -0.4 is 10.6 Å². The Kier molecular flexibility index (Phi) is 4.57. The number of anilines is 2. The zero-order chi connectivity index (χ0) is 12.0. The van der Waals surface area contributed by atoms with Gasteiger partial charge in [0.1, 0.15) is 6.67 Å². The van der Waals surface area contributed by atoms with Crippen molar-refractivity contribution in [3.63, 3.8) is 0 Å². The molecule has 0 aliphatic rings. The molecular formula is C11H15FN2O2. The second-order valence-electron chi connectivity index (χ2n) is 3.38. The predicted octanol–water partition coefficient (Wildman–Crippen LogP) is 1.52. The number of aliphatic carboxylic acids is 1. The van der Waals surface area contributed by atoms with Crippen LogP contribution in [0.15, 0.2) is 24.3 Å². The zero-order valence-corrected chi connectivity index (χ0v) is 8.90. The molecular weight excluding hydrogens is 211 g/mol. The Hall–Kier alpha value is -1.78. The second kappa shape index (κ2) is 5.95. The largest absolute Gasteiger partial charge is 0.481 e. The molecule has 3 N–H and O–H groups in total. The molecule has 5 heteroatoms. The Bertz CT molecular complexity index is 358. The number of nitrogen functional groups attached to an aromatic ring is 1. The van der Waals surface area contributed by atoms with Crippen molar-refractivity contribution >= 4 is 17.3 Å². The summed E-state index contributed by atoms with van der Waals surface area (Å²) in [5.74, 6) is -0.904. The summed E-state index contributed by atoms with van der Waals surface area (Å²) in [5, 5.41) is 8.60. The summed E-state index contributed by atoms with van der Waals surface area (Å²) < 4.78 is 12.4. The van der Waals surface area contributed by atoms with Gasteiger partial charge < -0.3 is 15.7 Å². The van der Waals surface area contributed by atoms with E-state index in [9.17, 15) is 9.18 Å². The van der Waals surface area contributed by atoms with Gasteiger partial charge in [0.15, 0.2) is 0 Å². The Morgan fingerprint density at radius 1 is 1.38 bits per heavy atom. The predicted molar refractivity (Wildman–Crippen MR) is 61.3 cm³/mol. The van der Waals surface area contributed by atoms with Gasteiger partial charge >= 0.3 is 5.97 Å². The summed E-state index contributed by atoms with van der Waals surface area (Å²) in [5.41, 5.74) is 6.96. The molecule has 0 radical (unpaired) electrons. The maximum atomic E-state index is 12.4. The maximum Gasteiger partial charge on any atom is 0.305 e. The maximum absolute atomic E-state index is 12.4. The average Bonchev–Trinajstić information content (AvgIpc) is 2.25. The van der Waals surface area contributed by atoms with E-state index in [4.69, 9.17) is 10.8 Å². The topological polar surface area (TPSA) is 66.6 Å². The number of benzene rings is 1. The standard InChI is InChI=1S/C11H15FN2O2/c12-6-8-14(7-5-11(15)16)10-4-2-1-3-9(10)13/h1-4H,5-8,13H2,(H,15,16). The van der Waals surface area contributed by atoms with Gasteiger partial charge in [0.2, 0.25) is 0 Å². The van der Waals surface area contributed by atoms with E-state index >= 15 is 0 Å². The van der Waals surface area contributed by atoms with E-state index < -0.39 is 12.6 Å². The van der Waals surface area contributed by atoms with Crippen molar-refractivity contribution in [1.29, 1.82) is 0 Å². The van der Waals surface area contributed by atoms with Crippen LogP contribution >= 0.6 is 0 Å². The fraction of sp³-hybridized carbons (Fsp3) is 0.364. The summed E-state index contributed by atoms with van der Waals surface area (Å²) in [4.78, 5) is 12.1. The lowest BCUT2D eigenvalue weighted by molar-refractivity contribution is -0.136. The number of alkyl halides is 1. The summed E-state index contributed by atoms with van der Waals surface area (Å²) in [6, 6.07) is 7.04. The lowest BCUT2D eigenvalue weighted by Gasteiger charge is -2.24.